The van der Waals surface area contributed by atoms with E-state index >= 15 is 0 Å². The first-order valence-corrected chi connectivity index (χ1v) is 14.0. The standard InChI is InChI=1S/C29H30Cl2N2O4/c30-28-19-10-3-4-11-20(19)29(31,22-13-6-5-12-21(22)28)25-24(28)26(35)33(27(25)36)15-7-1-2-14-23(34)32-17-18-9-8-16-37-18/h3-6,10-13,18,24-25H,1-2,7-9,14-17H2,(H,32,34)/t18-,24-,25+,28?,29?/m1/s1. The van der Waals surface area contributed by atoms with Crippen LogP contribution in [0.25, 0.3) is 0 Å². The number of unbranched alkanes of at least 4 members (excludes halogenated alkanes) is 2. The molecule has 3 amide bonds. The van der Waals surface area contributed by atoms with Gasteiger partial charge in [0.25, 0.3) is 0 Å². The van der Waals surface area contributed by atoms with Crippen molar-refractivity contribution in [1.82, 2.24) is 10.2 Å². The van der Waals surface area contributed by atoms with Gasteiger partial charge in [0.15, 0.2) is 0 Å². The van der Waals surface area contributed by atoms with Crippen LogP contribution < -0.4 is 5.32 Å². The molecule has 2 saturated heterocycles. The summed E-state index contributed by atoms with van der Waals surface area (Å²) in [6.45, 7) is 1.63. The fraction of sp³-hybridized carbons (Fsp3) is 0.483. The van der Waals surface area contributed by atoms with Crippen molar-refractivity contribution in [3.05, 3.63) is 70.8 Å². The molecule has 2 aliphatic heterocycles. The lowest BCUT2D eigenvalue weighted by Crippen LogP contribution is -2.57. The maximum Gasteiger partial charge on any atom is 0.235 e. The molecule has 5 aliphatic rings. The molecular formula is C29H30Cl2N2O4. The molecule has 0 spiro atoms. The Hall–Kier alpha value is -2.41. The molecule has 8 heteroatoms. The Morgan fingerprint density at radius 1 is 0.892 bits per heavy atom. The molecule has 7 rings (SSSR count). The number of hydrogen-bond donors (Lipinski definition) is 1. The average Bonchev–Trinajstić information content (AvgIpc) is 3.52. The topological polar surface area (TPSA) is 75.7 Å². The van der Waals surface area contributed by atoms with Crippen LogP contribution in [-0.2, 0) is 28.9 Å². The summed E-state index contributed by atoms with van der Waals surface area (Å²) in [5.41, 5.74) is 3.24. The second-order valence-corrected chi connectivity index (χ2v) is 11.7. The number of ether oxygens (including phenoxy) is 1. The molecule has 0 radical (unpaired) electrons. The number of imide groups is 1. The zero-order valence-corrected chi connectivity index (χ0v) is 22.1. The number of amides is 3. The first kappa shape index (κ1) is 24.9. The number of halogens is 2. The summed E-state index contributed by atoms with van der Waals surface area (Å²) in [5.74, 6) is -2.02. The molecule has 2 aromatic carbocycles. The molecule has 3 atom stereocenters. The van der Waals surface area contributed by atoms with Crippen LogP contribution in [0.2, 0.25) is 0 Å². The third-order valence-electron chi connectivity index (χ3n) is 8.51. The first-order chi connectivity index (χ1) is 17.9. The third kappa shape index (κ3) is 3.67. The summed E-state index contributed by atoms with van der Waals surface area (Å²) in [4.78, 5) is 38.8. The van der Waals surface area contributed by atoms with Crippen molar-refractivity contribution in [1.29, 1.82) is 0 Å². The number of hydrogen-bond acceptors (Lipinski definition) is 4. The van der Waals surface area contributed by atoms with Gasteiger partial charge in [0.2, 0.25) is 17.7 Å². The SMILES string of the molecule is O=C(CCCCCN1C(=O)[C@@H]2[C@H](C1=O)C1(Cl)c3ccccc3C2(Cl)c2ccccc21)NC[C@H]1CCCO1. The molecule has 2 bridgehead atoms. The summed E-state index contributed by atoms with van der Waals surface area (Å²) in [6, 6.07) is 15.3. The molecule has 194 valence electrons. The van der Waals surface area contributed by atoms with Crippen LogP contribution >= 0.6 is 23.2 Å². The van der Waals surface area contributed by atoms with Crippen LogP contribution in [0.4, 0.5) is 0 Å². The molecule has 0 saturated carbocycles. The fourth-order valence-corrected chi connectivity index (χ4v) is 7.90. The highest BCUT2D eigenvalue weighted by molar-refractivity contribution is 6.36. The summed E-state index contributed by atoms with van der Waals surface area (Å²) in [5, 5.41) is 2.93. The second kappa shape index (κ2) is 9.40. The average molecular weight is 541 g/mol. The summed E-state index contributed by atoms with van der Waals surface area (Å²) < 4.78 is 5.54. The Kier molecular flexibility index (Phi) is 6.33. The molecule has 2 fully saturated rings. The lowest BCUT2D eigenvalue weighted by Gasteiger charge is -2.54. The molecule has 0 unspecified atom stereocenters. The molecular weight excluding hydrogens is 511 g/mol. The highest BCUT2D eigenvalue weighted by atomic mass is 35.5. The number of carbonyl (C=O) groups excluding carboxylic acids is 3. The minimum Gasteiger partial charge on any atom is -0.376 e. The summed E-state index contributed by atoms with van der Waals surface area (Å²) in [6.07, 6.45) is 4.63. The van der Waals surface area contributed by atoms with E-state index in [1.165, 1.54) is 4.90 Å². The number of carbonyl (C=O) groups is 3. The van der Waals surface area contributed by atoms with Crippen LogP contribution in [0.1, 0.15) is 60.8 Å². The number of alkyl halides is 2. The van der Waals surface area contributed by atoms with Crippen LogP contribution in [0.3, 0.4) is 0 Å². The third-order valence-corrected chi connectivity index (χ3v) is 9.80. The van der Waals surface area contributed by atoms with Crippen LogP contribution in [-0.4, -0.2) is 48.4 Å². The Morgan fingerprint density at radius 3 is 1.92 bits per heavy atom. The Labute approximate surface area is 226 Å². The van der Waals surface area contributed by atoms with Crippen molar-refractivity contribution in [2.24, 2.45) is 11.8 Å². The van der Waals surface area contributed by atoms with Gasteiger partial charge in [-0.05, 0) is 47.9 Å². The van der Waals surface area contributed by atoms with Gasteiger partial charge < -0.3 is 10.1 Å². The largest absolute Gasteiger partial charge is 0.376 e. The maximum atomic E-state index is 13.8. The van der Waals surface area contributed by atoms with Gasteiger partial charge in [0.1, 0.15) is 9.75 Å². The number of rotatable bonds is 8. The molecule has 1 N–H and O–H groups in total. The van der Waals surface area contributed by atoms with Gasteiger partial charge in [-0.2, -0.15) is 0 Å². The van der Waals surface area contributed by atoms with Gasteiger partial charge in [-0.1, -0.05) is 55.0 Å². The number of nitrogens with one attached hydrogen (secondary N) is 1. The highest BCUT2D eigenvalue weighted by Crippen LogP contribution is 2.69. The van der Waals surface area contributed by atoms with Gasteiger partial charge in [0, 0.05) is 26.1 Å². The first-order valence-electron chi connectivity index (χ1n) is 13.2. The normalized spacial score (nSPS) is 31.3. The van der Waals surface area contributed by atoms with E-state index in [0.717, 1.165) is 48.1 Å². The Bertz CT molecular complexity index is 1140. The Morgan fingerprint density at radius 2 is 1.43 bits per heavy atom. The number of likely N-dealkylation sites (tertiary alicyclic amines) is 1. The minimum atomic E-state index is -1.14. The van der Waals surface area contributed by atoms with E-state index in [4.69, 9.17) is 27.9 Å². The zero-order valence-electron chi connectivity index (χ0n) is 20.6. The molecule has 0 aromatic heterocycles. The van der Waals surface area contributed by atoms with Crippen LogP contribution in [0.5, 0.6) is 0 Å². The number of benzene rings is 2. The van der Waals surface area contributed by atoms with Crippen molar-refractivity contribution in [3.63, 3.8) is 0 Å². The van der Waals surface area contributed by atoms with Crippen molar-refractivity contribution < 1.29 is 19.1 Å². The maximum absolute atomic E-state index is 13.8. The smallest absolute Gasteiger partial charge is 0.235 e. The zero-order chi connectivity index (χ0) is 25.8. The molecule has 2 aromatic rings. The Balaban J connectivity index is 1.15. The van der Waals surface area contributed by atoms with E-state index in [2.05, 4.69) is 5.32 Å². The lowest BCUT2D eigenvalue weighted by atomic mass is 9.54. The van der Waals surface area contributed by atoms with Crippen molar-refractivity contribution in [2.75, 3.05) is 19.7 Å². The fourth-order valence-electron chi connectivity index (χ4n) is 6.80. The summed E-state index contributed by atoms with van der Waals surface area (Å²) in [7, 11) is 0. The van der Waals surface area contributed by atoms with Gasteiger partial charge in [-0.3, -0.25) is 19.3 Å². The van der Waals surface area contributed by atoms with E-state index in [9.17, 15) is 14.4 Å². The van der Waals surface area contributed by atoms with E-state index in [-0.39, 0.29) is 23.8 Å². The van der Waals surface area contributed by atoms with E-state index in [0.29, 0.717) is 32.4 Å². The van der Waals surface area contributed by atoms with Gasteiger partial charge in [-0.25, -0.2) is 0 Å². The van der Waals surface area contributed by atoms with Crippen molar-refractivity contribution in [3.8, 4) is 0 Å². The quantitative estimate of drug-likeness (QED) is 0.305. The van der Waals surface area contributed by atoms with Crippen molar-refractivity contribution in [2.45, 2.75) is 54.4 Å². The summed E-state index contributed by atoms with van der Waals surface area (Å²) >= 11 is 14.9. The van der Waals surface area contributed by atoms with Gasteiger partial charge >= 0.3 is 0 Å². The monoisotopic (exact) mass is 540 g/mol. The van der Waals surface area contributed by atoms with E-state index in [1.807, 2.05) is 48.5 Å². The number of nitrogens with zero attached hydrogens (tertiary/aromatic N) is 1. The van der Waals surface area contributed by atoms with Crippen molar-refractivity contribution >= 4 is 40.9 Å². The minimum absolute atomic E-state index is 0.00936. The molecule has 37 heavy (non-hydrogen) atoms. The van der Waals surface area contributed by atoms with Gasteiger partial charge in [0.05, 0.1) is 17.9 Å². The predicted molar refractivity (Wildman–Crippen MR) is 140 cm³/mol. The predicted octanol–water partition coefficient (Wildman–Crippen LogP) is 4.44. The van der Waals surface area contributed by atoms with E-state index in [1.54, 1.807) is 0 Å². The molecule has 6 nitrogen and oxygen atoms in total. The lowest BCUT2D eigenvalue weighted by molar-refractivity contribution is -0.140. The van der Waals surface area contributed by atoms with E-state index < -0.39 is 21.6 Å². The van der Waals surface area contributed by atoms with Gasteiger partial charge in [-0.15, -0.1) is 23.2 Å². The highest BCUT2D eigenvalue weighted by Gasteiger charge is 2.72. The van der Waals surface area contributed by atoms with Crippen LogP contribution in [0.15, 0.2) is 48.5 Å². The van der Waals surface area contributed by atoms with Crippen LogP contribution in [0, 0.1) is 11.8 Å². The second-order valence-electron chi connectivity index (χ2n) is 10.5. The molecule has 2 heterocycles. The molecule has 3 aliphatic carbocycles.